The van der Waals surface area contributed by atoms with E-state index in [4.69, 9.17) is 10.5 Å². The molecule has 1 aliphatic rings. The lowest BCUT2D eigenvalue weighted by molar-refractivity contribution is 0.184. The van der Waals surface area contributed by atoms with Crippen molar-refractivity contribution in [3.8, 4) is 17.3 Å². The van der Waals surface area contributed by atoms with E-state index in [2.05, 4.69) is 20.3 Å². The van der Waals surface area contributed by atoms with Crippen LogP contribution in [0.4, 0.5) is 25.1 Å². The fourth-order valence-corrected chi connectivity index (χ4v) is 3.10. The summed E-state index contributed by atoms with van der Waals surface area (Å²) in [6.45, 7) is 0.811. The fraction of sp³-hybridized carbons (Fsp3) is 0.200. The summed E-state index contributed by atoms with van der Waals surface area (Å²) in [5.41, 5.74) is 6.46. The molecule has 0 saturated carbocycles. The Balaban J connectivity index is 1.44. The van der Waals surface area contributed by atoms with Crippen molar-refractivity contribution in [3.05, 3.63) is 60.4 Å². The Morgan fingerprint density at radius 3 is 2.77 bits per heavy atom. The highest BCUT2D eigenvalue weighted by Gasteiger charge is 2.28. The molecule has 1 fully saturated rings. The van der Waals surface area contributed by atoms with E-state index < -0.39 is 17.7 Å². The molecule has 154 valence electrons. The van der Waals surface area contributed by atoms with E-state index in [1.807, 2.05) is 0 Å². The lowest BCUT2D eigenvalue weighted by Crippen LogP contribution is -2.35. The number of nitrogens with one attached hydrogen (secondary N) is 1. The molecule has 0 radical (unpaired) electrons. The topological polar surface area (TPSA) is 106 Å². The second-order valence-electron chi connectivity index (χ2n) is 6.69. The Morgan fingerprint density at radius 1 is 1.20 bits per heavy atom. The highest BCUT2D eigenvalue weighted by molar-refractivity contribution is 5.92. The van der Waals surface area contributed by atoms with E-state index in [9.17, 15) is 13.6 Å². The van der Waals surface area contributed by atoms with E-state index in [1.165, 1.54) is 18.2 Å². The van der Waals surface area contributed by atoms with Crippen LogP contribution in [-0.4, -0.2) is 45.1 Å². The van der Waals surface area contributed by atoms with Crippen molar-refractivity contribution in [2.45, 2.75) is 12.5 Å². The number of nitrogens with zero attached hydrogens (tertiary/aromatic N) is 4. The zero-order chi connectivity index (χ0) is 21.1. The predicted octanol–water partition coefficient (Wildman–Crippen LogP) is 3.08. The van der Waals surface area contributed by atoms with Crippen molar-refractivity contribution in [3.63, 3.8) is 0 Å². The largest absolute Gasteiger partial charge is 0.458 e. The van der Waals surface area contributed by atoms with Gasteiger partial charge in [-0.25, -0.2) is 28.5 Å². The van der Waals surface area contributed by atoms with Crippen LogP contribution >= 0.6 is 0 Å². The Labute approximate surface area is 170 Å². The average Bonchev–Trinajstić information content (AvgIpc) is 3.19. The number of hydrogen-bond donors (Lipinski definition) is 2. The molecular formula is C20H18F2N6O2. The van der Waals surface area contributed by atoms with Gasteiger partial charge in [0, 0.05) is 37.0 Å². The number of rotatable bonds is 4. The van der Waals surface area contributed by atoms with Crippen LogP contribution in [0.2, 0.25) is 0 Å². The first-order chi connectivity index (χ1) is 14.5. The number of hydrogen-bond acceptors (Lipinski definition) is 6. The molecule has 1 unspecified atom stereocenters. The van der Waals surface area contributed by atoms with E-state index in [-0.39, 0.29) is 34.9 Å². The number of nitrogen functional groups attached to an aromatic ring is 1. The standard InChI is InChI=1S/C20H18F2N6O2/c21-12-2-3-14(15(22)10-12)17-5-4-16(23)18(26-17)27-20(29)28-9-6-13(11-28)30-19-24-7-1-8-25-19/h1-5,7-8,10,13H,6,9,11,23H2,(H,26,27,29). The van der Waals surface area contributed by atoms with E-state index in [0.717, 1.165) is 12.1 Å². The molecule has 1 atom stereocenters. The molecule has 8 nitrogen and oxygen atoms in total. The van der Waals surface area contributed by atoms with Gasteiger partial charge < -0.3 is 15.4 Å². The summed E-state index contributed by atoms with van der Waals surface area (Å²) < 4.78 is 32.9. The summed E-state index contributed by atoms with van der Waals surface area (Å²) in [4.78, 5) is 26.4. The zero-order valence-corrected chi connectivity index (χ0v) is 15.8. The smallest absolute Gasteiger partial charge is 0.323 e. The van der Waals surface area contributed by atoms with Crippen LogP contribution in [0.3, 0.4) is 0 Å². The lowest BCUT2D eigenvalue weighted by Gasteiger charge is -2.18. The molecule has 2 aromatic heterocycles. The number of likely N-dealkylation sites (tertiary alicyclic amines) is 1. The minimum atomic E-state index is -0.757. The molecule has 2 amide bonds. The van der Waals surface area contributed by atoms with Crippen molar-refractivity contribution in [1.29, 1.82) is 0 Å². The first kappa shape index (κ1) is 19.5. The molecule has 0 bridgehead atoms. The molecule has 4 rings (SSSR count). The third-order valence-electron chi connectivity index (χ3n) is 4.61. The molecule has 3 N–H and O–H groups in total. The van der Waals surface area contributed by atoms with Gasteiger partial charge in [0.25, 0.3) is 0 Å². The van der Waals surface area contributed by atoms with Gasteiger partial charge >= 0.3 is 12.0 Å². The predicted molar refractivity (Wildman–Crippen MR) is 106 cm³/mol. The van der Waals surface area contributed by atoms with Gasteiger partial charge in [-0.05, 0) is 30.3 Å². The van der Waals surface area contributed by atoms with Crippen LogP contribution in [0.25, 0.3) is 11.3 Å². The van der Waals surface area contributed by atoms with Crippen LogP contribution in [0.5, 0.6) is 6.01 Å². The second kappa shape index (κ2) is 8.27. The maximum atomic E-state index is 14.1. The minimum Gasteiger partial charge on any atom is -0.458 e. The van der Waals surface area contributed by atoms with Gasteiger partial charge in [-0.1, -0.05) is 0 Å². The van der Waals surface area contributed by atoms with Crippen molar-refractivity contribution >= 4 is 17.5 Å². The molecule has 3 aromatic rings. The molecular weight excluding hydrogens is 394 g/mol. The normalized spacial score (nSPS) is 15.8. The molecule has 1 saturated heterocycles. The van der Waals surface area contributed by atoms with Gasteiger partial charge in [0.05, 0.1) is 17.9 Å². The van der Waals surface area contributed by atoms with E-state index in [0.29, 0.717) is 19.5 Å². The number of ether oxygens (including phenoxy) is 1. The number of nitrogens with two attached hydrogens (primary N) is 1. The highest BCUT2D eigenvalue weighted by atomic mass is 19.1. The first-order valence-electron chi connectivity index (χ1n) is 9.21. The molecule has 1 aliphatic heterocycles. The number of pyridine rings is 1. The number of anilines is 2. The second-order valence-corrected chi connectivity index (χ2v) is 6.69. The van der Waals surface area contributed by atoms with Gasteiger partial charge in [-0.15, -0.1) is 0 Å². The van der Waals surface area contributed by atoms with Crippen LogP contribution in [0.1, 0.15) is 6.42 Å². The number of halogens is 2. The van der Waals surface area contributed by atoms with Crippen LogP contribution in [0.15, 0.2) is 48.8 Å². The van der Waals surface area contributed by atoms with Crippen LogP contribution in [0, 0.1) is 11.6 Å². The molecule has 3 heterocycles. The molecule has 0 spiro atoms. The summed E-state index contributed by atoms with van der Waals surface area (Å²) in [6, 6.07) is 7.72. The third-order valence-corrected chi connectivity index (χ3v) is 4.61. The summed E-state index contributed by atoms with van der Waals surface area (Å²) in [7, 11) is 0. The number of benzene rings is 1. The monoisotopic (exact) mass is 412 g/mol. The molecule has 10 heteroatoms. The van der Waals surface area contributed by atoms with Crippen LogP contribution < -0.4 is 15.8 Å². The third kappa shape index (κ3) is 4.27. The zero-order valence-electron chi connectivity index (χ0n) is 15.8. The maximum absolute atomic E-state index is 14.1. The minimum absolute atomic E-state index is 0.0944. The highest BCUT2D eigenvalue weighted by Crippen LogP contribution is 2.26. The SMILES string of the molecule is Nc1ccc(-c2ccc(F)cc2F)nc1NC(=O)N1CCC(Oc2ncccn2)C1. The summed E-state index contributed by atoms with van der Waals surface area (Å²) >= 11 is 0. The maximum Gasteiger partial charge on any atom is 0.323 e. The summed E-state index contributed by atoms with van der Waals surface area (Å²) in [5, 5.41) is 2.65. The molecule has 1 aromatic carbocycles. The van der Waals surface area contributed by atoms with Crippen molar-refractivity contribution in [2.75, 3.05) is 24.1 Å². The van der Waals surface area contributed by atoms with E-state index in [1.54, 1.807) is 23.4 Å². The average molecular weight is 412 g/mol. The Bertz CT molecular complexity index is 1070. The Kier molecular flexibility index (Phi) is 5.38. The van der Waals surface area contributed by atoms with Crippen molar-refractivity contribution in [2.24, 2.45) is 0 Å². The van der Waals surface area contributed by atoms with Gasteiger partial charge in [0.2, 0.25) is 0 Å². The number of aromatic nitrogens is 3. The summed E-state index contributed by atoms with van der Waals surface area (Å²) in [6.07, 6.45) is 3.54. The number of urea groups is 1. The summed E-state index contributed by atoms with van der Waals surface area (Å²) in [5.74, 6) is -1.35. The molecule has 0 aliphatic carbocycles. The van der Waals surface area contributed by atoms with Gasteiger partial charge in [0.15, 0.2) is 5.82 Å². The first-order valence-corrected chi connectivity index (χ1v) is 9.21. The Hall–Kier alpha value is -3.82. The van der Waals surface area contributed by atoms with Gasteiger partial charge in [-0.2, -0.15) is 0 Å². The Morgan fingerprint density at radius 2 is 2.00 bits per heavy atom. The van der Waals surface area contributed by atoms with Gasteiger partial charge in [-0.3, -0.25) is 5.32 Å². The lowest BCUT2D eigenvalue weighted by atomic mass is 10.1. The van der Waals surface area contributed by atoms with Gasteiger partial charge in [0.1, 0.15) is 17.7 Å². The van der Waals surface area contributed by atoms with E-state index >= 15 is 0 Å². The number of carbonyl (C=O) groups is 1. The van der Waals surface area contributed by atoms with Crippen molar-refractivity contribution < 1.29 is 18.3 Å². The number of carbonyl (C=O) groups excluding carboxylic acids is 1. The molecule has 30 heavy (non-hydrogen) atoms. The van der Waals surface area contributed by atoms with Crippen LogP contribution in [-0.2, 0) is 0 Å². The van der Waals surface area contributed by atoms with Crippen molar-refractivity contribution in [1.82, 2.24) is 19.9 Å². The number of amides is 2. The quantitative estimate of drug-likeness (QED) is 0.682. The fourth-order valence-electron chi connectivity index (χ4n) is 3.10.